The maximum atomic E-state index is 8.99. The van der Waals surface area contributed by atoms with E-state index in [1.165, 1.54) is 11.1 Å². The number of benzene rings is 1. The first-order chi connectivity index (χ1) is 7.52. The van der Waals surface area contributed by atoms with Gasteiger partial charge in [-0.2, -0.15) is 5.26 Å². The predicted octanol–water partition coefficient (Wildman–Crippen LogP) is 3.51. The summed E-state index contributed by atoms with van der Waals surface area (Å²) in [5.74, 6) is 0.462. The predicted molar refractivity (Wildman–Crippen MR) is 68.3 cm³/mol. The van der Waals surface area contributed by atoms with Crippen LogP contribution in [0.4, 0.5) is 5.69 Å². The molecule has 0 bridgehead atoms. The molecule has 1 rings (SSSR count). The van der Waals surface area contributed by atoms with Gasteiger partial charge in [-0.25, -0.2) is 0 Å². The highest BCUT2D eigenvalue weighted by Crippen LogP contribution is 2.16. The molecule has 2 nitrogen and oxygen atoms in total. The Balaban J connectivity index is 2.64. The molecule has 0 radical (unpaired) electrons. The largest absolute Gasteiger partial charge is 0.384 e. The van der Waals surface area contributed by atoms with E-state index in [0.29, 0.717) is 5.92 Å². The summed E-state index contributed by atoms with van der Waals surface area (Å²) in [6.07, 6.45) is 0. The maximum absolute atomic E-state index is 8.99. The van der Waals surface area contributed by atoms with Gasteiger partial charge in [-0.05, 0) is 43.0 Å². The molecular weight excluding hydrogens is 196 g/mol. The summed E-state index contributed by atoms with van der Waals surface area (Å²) in [6, 6.07) is 8.71. The van der Waals surface area contributed by atoms with Crippen molar-refractivity contribution >= 4 is 5.69 Å². The lowest BCUT2D eigenvalue weighted by Gasteiger charge is -2.15. The van der Waals surface area contributed by atoms with Gasteiger partial charge in [-0.1, -0.05) is 19.9 Å². The van der Waals surface area contributed by atoms with Crippen LogP contribution in [0.3, 0.4) is 0 Å². The van der Waals surface area contributed by atoms with Crippen molar-refractivity contribution in [2.75, 3.05) is 11.9 Å². The fourth-order valence-corrected chi connectivity index (χ4v) is 1.73. The zero-order chi connectivity index (χ0) is 12.1. The fourth-order valence-electron chi connectivity index (χ4n) is 1.73. The van der Waals surface area contributed by atoms with Gasteiger partial charge >= 0.3 is 0 Å². The Labute approximate surface area is 98.3 Å². The summed E-state index contributed by atoms with van der Waals surface area (Å²) < 4.78 is 0. The van der Waals surface area contributed by atoms with Crippen molar-refractivity contribution in [2.24, 2.45) is 11.8 Å². The molecule has 0 heterocycles. The summed E-state index contributed by atoms with van der Waals surface area (Å²) >= 11 is 0. The molecule has 1 aromatic carbocycles. The molecule has 1 atom stereocenters. The number of nitrogens with zero attached hydrogens (tertiary/aromatic N) is 1. The van der Waals surface area contributed by atoms with E-state index < -0.39 is 0 Å². The average Bonchev–Trinajstić information content (AvgIpc) is 2.16. The normalized spacial score (nSPS) is 12.2. The van der Waals surface area contributed by atoms with Gasteiger partial charge in [0.1, 0.15) is 0 Å². The second kappa shape index (κ2) is 5.55. The minimum Gasteiger partial charge on any atom is -0.384 e. The van der Waals surface area contributed by atoms with Gasteiger partial charge in [0.15, 0.2) is 0 Å². The minimum atomic E-state index is 0.0702. The molecule has 0 fully saturated rings. The lowest BCUT2D eigenvalue weighted by molar-refractivity contribution is 0.496. The van der Waals surface area contributed by atoms with E-state index in [1.807, 2.05) is 0 Å². The van der Waals surface area contributed by atoms with Gasteiger partial charge in [-0.3, -0.25) is 0 Å². The topological polar surface area (TPSA) is 35.8 Å². The van der Waals surface area contributed by atoms with Crippen LogP contribution in [-0.2, 0) is 0 Å². The van der Waals surface area contributed by atoms with Crippen molar-refractivity contribution in [1.29, 1.82) is 5.26 Å². The molecular formula is C14H20N2. The highest BCUT2D eigenvalue weighted by molar-refractivity contribution is 5.48. The molecule has 2 heteroatoms. The number of aryl methyl sites for hydroxylation is 2. The van der Waals surface area contributed by atoms with Gasteiger partial charge in [0.05, 0.1) is 12.0 Å². The first kappa shape index (κ1) is 12.6. The van der Waals surface area contributed by atoms with Crippen molar-refractivity contribution in [3.05, 3.63) is 29.3 Å². The Morgan fingerprint density at radius 3 is 2.19 bits per heavy atom. The van der Waals surface area contributed by atoms with Gasteiger partial charge < -0.3 is 5.32 Å². The number of rotatable bonds is 4. The maximum Gasteiger partial charge on any atom is 0.0677 e. The SMILES string of the molecule is Cc1cc(C)cc(NCC(C#N)C(C)C)c1. The monoisotopic (exact) mass is 216 g/mol. The van der Waals surface area contributed by atoms with Crippen LogP contribution in [0.25, 0.3) is 0 Å². The summed E-state index contributed by atoms with van der Waals surface area (Å²) in [4.78, 5) is 0. The van der Waals surface area contributed by atoms with Crippen molar-refractivity contribution < 1.29 is 0 Å². The van der Waals surface area contributed by atoms with E-state index in [9.17, 15) is 0 Å². The van der Waals surface area contributed by atoms with E-state index in [4.69, 9.17) is 5.26 Å². The molecule has 1 N–H and O–H groups in total. The van der Waals surface area contributed by atoms with Crippen LogP contribution in [0.2, 0.25) is 0 Å². The second-order valence-corrected chi connectivity index (χ2v) is 4.74. The lowest BCUT2D eigenvalue weighted by atomic mass is 9.97. The molecule has 0 aliphatic heterocycles. The molecule has 1 aromatic rings. The third-order valence-corrected chi connectivity index (χ3v) is 2.72. The lowest BCUT2D eigenvalue weighted by Crippen LogP contribution is -2.17. The van der Waals surface area contributed by atoms with Crippen LogP contribution >= 0.6 is 0 Å². The molecule has 0 aliphatic rings. The van der Waals surface area contributed by atoms with Crippen LogP contribution in [0.5, 0.6) is 0 Å². The highest BCUT2D eigenvalue weighted by Gasteiger charge is 2.11. The van der Waals surface area contributed by atoms with Crippen LogP contribution in [0, 0.1) is 37.0 Å². The van der Waals surface area contributed by atoms with E-state index >= 15 is 0 Å². The fraction of sp³-hybridized carbons (Fsp3) is 0.500. The molecule has 16 heavy (non-hydrogen) atoms. The third kappa shape index (κ3) is 3.58. The van der Waals surface area contributed by atoms with Crippen LogP contribution in [0.1, 0.15) is 25.0 Å². The molecule has 0 saturated heterocycles. The van der Waals surface area contributed by atoms with Gasteiger partial charge in [0, 0.05) is 12.2 Å². The summed E-state index contributed by atoms with van der Waals surface area (Å²) in [5.41, 5.74) is 3.61. The number of hydrogen-bond donors (Lipinski definition) is 1. The van der Waals surface area contributed by atoms with Gasteiger partial charge in [0.25, 0.3) is 0 Å². The molecule has 1 unspecified atom stereocenters. The Hall–Kier alpha value is -1.49. The Kier molecular flexibility index (Phi) is 4.37. The Bertz CT molecular complexity index is 368. The number of anilines is 1. The van der Waals surface area contributed by atoms with Gasteiger partial charge in [0.2, 0.25) is 0 Å². The third-order valence-electron chi connectivity index (χ3n) is 2.72. The molecule has 0 spiro atoms. The zero-order valence-electron chi connectivity index (χ0n) is 10.5. The number of hydrogen-bond acceptors (Lipinski definition) is 2. The van der Waals surface area contributed by atoms with Crippen LogP contribution in [0.15, 0.2) is 18.2 Å². The average molecular weight is 216 g/mol. The summed E-state index contributed by atoms with van der Waals surface area (Å²) in [5, 5.41) is 12.3. The Morgan fingerprint density at radius 1 is 1.19 bits per heavy atom. The Morgan fingerprint density at radius 2 is 1.75 bits per heavy atom. The number of nitriles is 1. The van der Waals surface area contributed by atoms with Crippen LogP contribution in [-0.4, -0.2) is 6.54 Å². The minimum absolute atomic E-state index is 0.0702. The quantitative estimate of drug-likeness (QED) is 0.836. The van der Waals surface area contributed by atoms with Crippen molar-refractivity contribution in [1.82, 2.24) is 0 Å². The number of nitrogens with one attached hydrogen (secondary N) is 1. The van der Waals surface area contributed by atoms with Crippen molar-refractivity contribution in [2.45, 2.75) is 27.7 Å². The van der Waals surface area contributed by atoms with E-state index in [2.05, 4.69) is 57.3 Å². The molecule has 0 amide bonds. The van der Waals surface area contributed by atoms with E-state index in [0.717, 1.165) is 12.2 Å². The molecule has 0 aliphatic carbocycles. The van der Waals surface area contributed by atoms with Crippen LogP contribution < -0.4 is 5.32 Å². The molecule has 86 valence electrons. The van der Waals surface area contributed by atoms with Gasteiger partial charge in [-0.15, -0.1) is 0 Å². The highest BCUT2D eigenvalue weighted by atomic mass is 14.9. The van der Waals surface area contributed by atoms with Crippen molar-refractivity contribution in [3.63, 3.8) is 0 Å². The van der Waals surface area contributed by atoms with E-state index in [-0.39, 0.29) is 5.92 Å². The second-order valence-electron chi connectivity index (χ2n) is 4.74. The first-order valence-corrected chi connectivity index (χ1v) is 5.74. The zero-order valence-corrected chi connectivity index (χ0v) is 10.5. The smallest absolute Gasteiger partial charge is 0.0677 e. The first-order valence-electron chi connectivity index (χ1n) is 5.74. The summed E-state index contributed by atoms with van der Waals surface area (Å²) in [7, 11) is 0. The van der Waals surface area contributed by atoms with E-state index in [1.54, 1.807) is 0 Å². The molecule has 0 aromatic heterocycles. The molecule has 0 saturated carbocycles. The standard InChI is InChI=1S/C14H20N2/c1-10(2)13(8-15)9-16-14-6-11(3)5-12(4)7-14/h5-7,10,13,16H,9H2,1-4H3. The van der Waals surface area contributed by atoms with Crippen molar-refractivity contribution in [3.8, 4) is 6.07 Å². The summed E-state index contributed by atoms with van der Waals surface area (Å²) in [6.45, 7) is 9.05.